The van der Waals surface area contributed by atoms with Crippen molar-refractivity contribution >= 4 is 15.7 Å². The lowest BCUT2D eigenvalue weighted by molar-refractivity contribution is 0.0912. The first-order valence-corrected chi connectivity index (χ1v) is 8.79. The van der Waals surface area contributed by atoms with Gasteiger partial charge >= 0.3 is 0 Å². The quantitative estimate of drug-likeness (QED) is 0.812. The van der Waals surface area contributed by atoms with Crippen LogP contribution in [0.2, 0.25) is 0 Å². The zero-order chi connectivity index (χ0) is 15.5. The number of ether oxygens (including phenoxy) is 1. The van der Waals surface area contributed by atoms with Gasteiger partial charge in [-0.05, 0) is 43.7 Å². The number of sulfonamides is 1. The minimum absolute atomic E-state index is 0.0594. The van der Waals surface area contributed by atoms with Gasteiger partial charge in [-0.25, -0.2) is 17.9 Å². The second-order valence-electron chi connectivity index (χ2n) is 5.54. The number of rotatable bonds is 5. The first kappa shape index (κ1) is 16.0. The molecular formula is C14H21FN2O3S. The van der Waals surface area contributed by atoms with E-state index in [9.17, 15) is 12.8 Å². The second-order valence-corrected chi connectivity index (χ2v) is 7.27. The van der Waals surface area contributed by atoms with E-state index in [4.69, 9.17) is 15.6 Å². The van der Waals surface area contributed by atoms with E-state index in [1.165, 1.54) is 18.2 Å². The monoisotopic (exact) mass is 316 g/mol. The van der Waals surface area contributed by atoms with Crippen LogP contribution in [0.5, 0.6) is 5.75 Å². The molecule has 1 aromatic carbocycles. The average molecular weight is 316 g/mol. The summed E-state index contributed by atoms with van der Waals surface area (Å²) in [6, 6.07) is 4.01. The van der Waals surface area contributed by atoms with Gasteiger partial charge in [0.2, 0.25) is 10.0 Å². The molecule has 7 heteroatoms. The number of primary sulfonamides is 1. The van der Waals surface area contributed by atoms with Crippen molar-refractivity contribution < 1.29 is 17.5 Å². The number of benzene rings is 1. The molecular weight excluding hydrogens is 295 g/mol. The van der Waals surface area contributed by atoms with Gasteiger partial charge in [0.15, 0.2) is 0 Å². The van der Waals surface area contributed by atoms with Crippen LogP contribution in [0.25, 0.3) is 0 Å². The van der Waals surface area contributed by atoms with Crippen molar-refractivity contribution in [1.29, 1.82) is 0 Å². The molecule has 2 atom stereocenters. The van der Waals surface area contributed by atoms with Gasteiger partial charge in [0.25, 0.3) is 0 Å². The molecule has 0 spiro atoms. The van der Waals surface area contributed by atoms with Crippen LogP contribution in [0, 0.1) is 11.7 Å². The molecule has 1 aliphatic carbocycles. The van der Waals surface area contributed by atoms with Gasteiger partial charge in [-0.2, -0.15) is 0 Å². The minimum atomic E-state index is -3.47. The summed E-state index contributed by atoms with van der Waals surface area (Å²) in [6.45, 7) is 0. The Morgan fingerprint density at radius 2 is 2.00 bits per heavy atom. The number of nitrogens with two attached hydrogens (primary N) is 2. The first-order chi connectivity index (χ1) is 9.85. The lowest BCUT2D eigenvalue weighted by atomic mass is 9.84. The highest BCUT2D eigenvalue weighted by Crippen LogP contribution is 2.33. The van der Waals surface area contributed by atoms with Crippen LogP contribution in [0.3, 0.4) is 0 Å². The third kappa shape index (κ3) is 4.86. The van der Waals surface area contributed by atoms with E-state index < -0.39 is 15.8 Å². The Kier molecular flexibility index (Phi) is 5.05. The fourth-order valence-corrected chi connectivity index (χ4v) is 3.38. The van der Waals surface area contributed by atoms with Gasteiger partial charge < -0.3 is 10.5 Å². The fraction of sp³-hybridized carbons (Fsp3) is 0.571. The molecule has 0 radical (unpaired) electrons. The van der Waals surface area contributed by atoms with Crippen LogP contribution in [-0.4, -0.2) is 20.3 Å². The third-order valence-electron chi connectivity index (χ3n) is 3.87. The van der Waals surface area contributed by atoms with E-state index >= 15 is 0 Å². The molecule has 21 heavy (non-hydrogen) atoms. The van der Waals surface area contributed by atoms with Crippen molar-refractivity contribution in [3.63, 3.8) is 0 Å². The summed E-state index contributed by atoms with van der Waals surface area (Å²) in [6.07, 6.45) is 4.04. The van der Waals surface area contributed by atoms with Gasteiger partial charge in [0.1, 0.15) is 17.7 Å². The Bertz CT molecular complexity index is 592. The summed E-state index contributed by atoms with van der Waals surface area (Å²) < 4.78 is 41.3. The molecule has 0 saturated heterocycles. The number of hydrogen-bond donors (Lipinski definition) is 2. The number of anilines is 1. The molecule has 2 rings (SSSR count). The predicted molar refractivity (Wildman–Crippen MR) is 79.8 cm³/mol. The van der Waals surface area contributed by atoms with E-state index in [0.29, 0.717) is 17.9 Å². The number of nitrogen functional groups attached to an aromatic ring is 1. The zero-order valence-electron chi connectivity index (χ0n) is 11.8. The highest BCUT2D eigenvalue weighted by Gasteiger charge is 2.28. The highest BCUT2D eigenvalue weighted by molar-refractivity contribution is 7.89. The van der Waals surface area contributed by atoms with Crippen LogP contribution < -0.4 is 15.6 Å². The maximum Gasteiger partial charge on any atom is 0.209 e. The summed E-state index contributed by atoms with van der Waals surface area (Å²) >= 11 is 0. The summed E-state index contributed by atoms with van der Waals surface area (Å²) in [7, 11) is -3.47. The Labute approximate surface area is 124 Å². The molecule has 0 amide bonds. The van der Waals surface area contributed by atoms with Crippen molar-refractivity contribution in [2.45, 2.75) is 38.2 Å². The van der Waals surface area contributed by atoms with Crippen LogP contribution in [0.15, 0.2) is 18.2 Å². The molecule has 1 aromatic rings. The van der Waals surface area contributed by atoms with Gasteiger partial charge in [0.05, 0.1) is 11.4 Å². The largest absolute Gasteiger partial charge is 0.488 e. The second kappa shape index (κ2) is 6.62. The minimum Gasteiger partial charge on any atom is -0.488 e. The van der Waals surface area contributed by atoms with Gasteiger partial charge in [-0.15, -0.1) is 0 Å². The van der Waals surface area contributed by atoms with E-state index in [1.54, 1.807) is 0 Å². The van der Waals surface area contributed by atoms with Crippen molar-refractivity contribution in [3.05, 3.63) is 24.0 Å². The summed E-state index contributed by atoms with van der Waals surface area (Å²) in [4.78, 5) is 0. The van der Waals surface area contributed by atoms with Crippen LogP contribution >= 0.6 is 0 Å². The zero-order valence-corrected chi connectivity index (χ0v) is 12.6. The SMILES string of the molecule is Nc1ccc(F)cc1O[C@@H]1CCCC[C@H]1CCS(N)(=O)=O. The molecule has 0 bridgehead atoms. The molecule has 0 heterocycles. The molecule has 1 saturated carbocycles. The lowest BCUT2D eigenvalue weighted by Gasteiger charge is -2.32. The van der Waals surface area contributed by atoms with E-state index in [0.717, 1.165) is 25.7 Å². The molecule has 5 nitrogen and oxygen atoms in total. The van der Waals surface area contributed by atoms with Crippen LogP contribution in [0.4, 0.5) is 10.1 Å². The molecule has 0 aliphatic heterocycles. The van der Waals surface area contributed by atoms with Gasteiger partial charge in [0, 0.05) is 6.07 Å². The molecule has 1 fully saturated rings. The van der Waals surface area contributed by atoms with Crippen LogP contribution in [-0.2, 0) is 10.0 Å². The fourth-order valence-electron chi connectivity index (χ4n) is 2.75. The highest BCUT2D eigenvalue weighted by atomic mass is 32.2. The molecule has 118 valence electrons. The topological polar surface area (TPSA) is 95.4 Å². The maximum atomic E-state index is 13.3. The van der Waals surface area contributed by atoms with E-state index in [2.05, 4.69) is 0 Å². The van der Waals surface area contributed by atoms with Gasteiger partial charge in [-0.1, -0.05) is 6.42 Å². The van der Waals surface area contributed by atoms with Crippen molar-refractivity contribution in [2.24, 2.45) is 11.1 Å². The number of halogens is 1. The Hall–Kier alpha value is -1.34. The summed E-state index contributed by atoms with van der Waals surface area (Å²) in [5.74, 6) is -0.0470. The smallest absolute Gasteiger partial charge is 0.209 e. The number of hydrogen-bond acceptors (Lipinski definition) is 4. The third-order valence-corrected chi connectivity index (χ3v) is 4.67. The Balaban J connectivity index is 2.06. The normalized spacial score (nSPS) is 23.0. The summed E-state index contributed by atoms with van der Waals surface area (Å²) in [5.41, 5.74) is 6.17. The van der Waals surface area contributed by atoms with E-state index in [1.807, 2.05) is 0 Å². The molecule has 0 unspecified atom stereocenters. The Morgan fingerprint density at radius 1 is 1.29 bits per heavy atom. The maximum absolute atomic E-state index is 13.3. The van der Waals surface area contributed by atoms with Gasteiger partial charge in [-0.3, -0.25) is 0 Å². The standard InChI is InChI=1S/C14H21FN2O3S/c15-11-5-6-12(16)14(9-11)20-13-4-2-1-3-10(13)7-8-21(17,18)19/h5-6,9-10,13H,1-4,7-8,16H2,(H2,17,18,19)/t10-,13+/m0/s1. The van der Waals surface area contributed by atoms with Crippen molar-refractivity contribution in [1.82, 2.24) is 0 Å². The lowest BCUT2D eigenvalue weighted by Crippen LogP contribution is -2.32. The Morgan fingerprint density at radius 3 is 2.71 bits per heavy atom. The van der Waals surface area contributed by atoms with Crippen LogP contribution in [0.1, 0.15) is 32.1 Å². The summed E-state index contributed by atoms with van der Waals surface area (Å²) in [5, 5.41) is 5.06. The molecule has 4 N–H and O–H groups in total. The van der Waals surface area contributed by atoms with Crippen molar-refractivity contribution in [2.75, 3.05) is 11.5 Å². The molecule has 1 aliphatic rings. The predicted octanol–water partition coefficient (Wildman–Crippen LogP) is 2.02. The molecule has 0 aromatic heterocycles. The van der Waals surface area contributed by atoms with E-state index in [-0.39, 0.29) is 17.8 Å². The van der Waals surface area contributed by atoms with Crippen molar-refractivity contribution in [3.8, 4) is 5.75 Å². The average Bonchev–Trinajstić information content (AvgIpc) is 2.41. The first-order valence-electron chi connectivity index (χ1n) is 7.07.